The van der Waals surface area contributed by atoms with Gasteiger partial charge in [0.25, 0.3) is 0 Å². The molecule has 4 N–H and O–H groups in total. The van der Waals surface area contributed by atoms with Crippen molar-refractivity contribution in [3.05, 3.63) is 23.9 Å². The second kappa shape index (κ2) is 8.07. The fraction of sp³-hybridized carbons (Fsp3) is 0.462. The topological polar surface area (TPSA) is 92.4 Å². The average Bonchev–Trinajstić information content (AvgIpc) is 2.39. The van der Waals surface area contributed by atoms with E-state index < -0.39 is 6.03 Å². The van der Waals surface area contributed by atoms with Crippen molar-refractivity contribution < 1.29 is 4.79 Å². The minimum absolute atomic E-state index is 0.342. The van der Waals surface area contributed by atoms with Gasteiger partial charge in [-0.25, -0.2) is 9.78 Å². The van der Waals surface area contributed by atoms with Crippen LogP contribution < -0.4 is 16.4 Å². The molecule has 0 fully saturated rings. The minimum Gasteiger partial charge on any atom is -0.351 e. The number of aromatic nitrogens is 1. The number of nitrogens with one attached hydrogen (secondary N) is 2. The number of carbonyl (C=O) groups excluding carboxylic acids is 1. The Kier molecular flexibility index (Phi) is 6.35. The molecule has 1 aromatic heterocycles. The average molecular weight is 263 g/mol. The number of pyridine rings is 1. The third kappa shape index (κ3) is 5.37. The zero-order chi connectivity index (χ0) is 14.1. The van der Waals surface area contributed by atoms with Crippen molar-refractivity contribution in [2.45, 2.75) is 33.1 Å². The molecule has 0 atom stereocenters. The third-order valence-corrected chi connectivity index (χ3v) is 2.53. The summed E-state index contributed by atoms with van der Waals surface area (Å²) in [6.45, 7) is 4.75. The molecular weight excluding hydrogens is 242 g/mol. The van der Waals surface area contributed by atoms with E-state index in [9.17, 15) is 4.79 Å². The van der Waals surface area contributed by atoms with Crippen molar-refractivity contribution in [2.75, 3.05) is 11.9 Å². The summed E-state index contributed by atoms with van der Waals surface area (Å²) < 4.78 is 0. The van der Waals surface area contributed by atoms with Gasteiger partial charge in [-0.2, -0.15) is 0 Å². The number of hydrogen-bond acceptors (Lipinski definition) is 3. The summed E-state index contributed by atoms with van der Waals surface area (Å²) in [5.74, 6) is 1.03. The number of nitrogens with zero attached hydrogens (tertiary/aromatic N) is 2. The predicted octanol–water partition coefficient (Wildman–Crippen LogP) is 1.88. The molecule has 1 rings (SSSR count). The zero-order valence-corrected chi connectivity index (χ0v) is 11.4. The summed E-state index contributed by atoms with van der Waals surface area (Å²) in [7, 11) is 0. The molecule has 6 heteroatoms. The number of guanidine groups is 1. The van der Waals surface area contributed by atoms with Crippen LogP contribution in [0, 0.1) is 0 Å². The Morgan fingerprint density at radius 3 is 2.89 bits per heavy atom. The molecule has 19 heavy (non-hydrogen) atoms. The van der Waals surface area contributed by atoms with E-state index in [1.807, 2.05) is 19.1 Å². The molecule has 0 radical (unpaired) electrons. The normalized spacial score (nSPS) is 11.2. The van der Waals surface area contributed by atoms with Crippen molar-refractivity contribution in [1.29, 1.82) is 0 Å². The van der Waals surface area contributed by atoms with Crippen LogP contribution >= 0.6 is 0 Å². The first kappa shape index (κ1) is 14.9. The second-order valence-electron chi connectivity index (χ2n) is 4.06. The fourth-order valence-electron chi connectivity index (χ4n) is 1.52. The van der Waals surface area contributed by atoms with E-state index in [1.54, 1.807) is 6.20 Å². The van der Waals surface area contributed by atoms with Gasteiger partial charge in [0.2, 0.25) is 5.96 Å². The van der Waals surface area contributed by atoms with Crippen molar-refractivity contribution in [3.8, 4) is 0 Å². The van der Waals surface area contributed by atoms with E-state index in [2.05, 4.69) is 27.5 Å². The predicted molar refractivity (Wildman–Crippen MR) is 77.2 cm³/mol. The first-order chi connectivity index (χ1) is 9.17. The molecule has 0 unspecified atom stereocenters. The molecule has 0 aliphatic heterocycles. The Bertz CT molecular complexity index is 444. The van der Waals surface area contributed by atoms with Crippen LogP contribution in [-0.2, 0) is 6.42 Å². The summed E-state index contributed by atoms with van der Waals surface area (Å²) in [5, 5.41) is 5.49. The van der Waals surface area contributed by atoms with Gasteiger partial charge in [0.05, 0.1) is 0 Å². The van der Waals surface area contributed by atoms with Gasteiger partial charge in [-0.05, 0) is 24.5 Å². The lowest BCUT2D eigenvalue weighted by atomic mass is 10.2. The van der Waals surface area contributed by atoms with Crippen molar-refractivity contribution in [2.24, 2.45) is 10.7 Å². The van der Waals surface area contributed by atoms with E-state index in [-0.39, 0.29) is 0 Å². The number of urea groups is 1. The molecule has 0 saturated heterocycles. The maximum absolute atomic E-state index is 11.0. The fourth-order valence-corrected chi connectivity index (χ4v) is 1.52. The Balaban J connectivity index is 2.81. The SMILES string of the molecule is CCCCN=C(NC(N)=O)Nc1ncccc1CC. The van der Waals surface area contributed by atoms with Gasteiger partial charge >= 0.3 is 6.03 Å². The highest BCUT2D eigenvalue weighted by molar-refractivity contribution is 6.03. The molecule has 0 saturated carbocycles. The maximum atomic E-state index is 11.0. The summed E-state index contributed by atoms with van der Waals surface area (Å²) in [6, 6.07) is 3.21. The van der Waals surface area contributed by atoms with Gasteiger partial charge in [-0.15, -0.1) is 0 Å². The van der Waals surface area contributed by atoms with Crippen LogP contribution in [0.3, 0.4) is 0 Å². The lowest BCUT2D eigenvalue weighted by Gasteiger charge is -2.12. The Morgan fingerprint density at radius 2 is 2.26 bits per heavy atom. The van der Waals surface area contributed by atoms with Gasteiger partial charge in [-0.3, -0.25) is 10.3 Å². The largest absolute Gasteiger partial charge is 0.351 e. The molecule has 0 aliphatic rings. The van der Waals surface area contributed by atoms with Crippen LogP contribution in [-0.4, -0.2) is 23.5 Å². The molecule has 6 nitrogen and oxygen atoms in total. The zero-order valence-electron chi connectivity index (χ0n) is 11.4. The number of primary amides is 1. The standard InChI is InChI=1S/C13H21N5O/c1-3-5-8-16-13(18-12(14)19)17-11-10(4-2)7-6-9-15-11/h6-7,9H,3-5,8H2,1-2H3,(H4,14,15,16,17,18,19). The van der Waals surface area contributed by atoms with Gasteiger partial charge in [0.1, 0.15) is 5.82 Å². The van der Waals surface area contributed by atoms with Crippen molar-refractivity contribution in [3.63, 3.8) is 0 Å². The Hall–Kier alpha value is -2.11. The van der Waals surface area contributed by atoms with Crippen LogP contribution in [0.15, 0.2) is 23.3 Å². The minimum atomic E-state index is -0.642. The molecule has 1 aromatic rings. The van der Waals surface area contributed by atoms with E-state index in [0.717, 1.165) is 24.8 Å². The van der Waals surface area contributed by atoms with E-state index in [4.69, 9.17) is 5.73 Å². The Labute approximate surface area is 113 Å². The van der Waals surface area contributed by atoms with Gasteiger partial charge in [0, 0.05) is 12.7 Å². The number of amides is 2. The molecule has 0 aliphatic carbocycles. The molecule has 2 amide bonds. The molecule has 0 spiro atoms. The van der Waals surface area contributed by atoms with Gasteiger partial charge in [0.15, 0.2) is 0 Å². The number of hydrogen-bond donors (Lipinski definition) is 3. The number of unbranched alkanes of at least 4 members (excludes halogenated alkanes) is 1. The highest BCUT2D eigenvalue weighted by Crippen LogP contribution is 2.11. The number of anilines is 1. The van der Waals surface area contributed by atoms with Crippen LogP contribution in [0.2, 0.25) is 0 Å². The smallest absolute Gasteiger partial charge is 0.318 e. The Morgan fingerprint density at radius 1 is 1.47 bits per heavy atom. The van der Waals surface area contributed by atoms with Crippen LogP contribution in [0.25, 0.3) is 0 Å². The lowest BCUT2D eigenvalue weighted by molar-refractivity contribution is 0.253. The number of carbonyl (C=O) groups is 1. The molecular formula is C13H21N5O. The molecule has 104 valence electrons. The van der Waals surface area contributed by atoms with Crippen molar-refractivity contribution >= 4 is 17.8 Å². The first-order valence-corrected chi connectivity index (χ1v) is 6.49. The maximum Gasteiger partial charge on any atom is 0.318 e. The van der Waals surface area contributed by atoms with Crippen LogP contribution in [0.5, 0.6) is 0 Å². The summed E-state index contributed by atoms with van der Waals surface area (Å²) in [4.78, 5) is 19.5. The molecule has 0 bridgehead atoms. The van der Waals surface area contributed by atoms with E-state index in [0.29, 0.717) is 18.3 Å². The van der Waals surface area contributed by atoms with Gasteiger partial charge < -0.3 is 11.1 Å². The lowest BCUT2D eigenvalue weighted by Crippen LogP contribution is -2.40. The molecule has 1 heterocycles. The molecule has 0 aromatic carbocycles. The van der Waals surface area contributed by atoms with E-state index >= 15 is 0 Å². The van der Waals surface area contributed by atoms with Crippen molar-refractivity contribution in [1.82, 2.24) is 10.3 Å². The summed E-state index contributed by atoms with van der Waals surface area (Å²) in [5.41, 5.74) is 6.18. The third-order valence-electron chi connectivity index (χ3n) is 2.53. The number of rotatable bonds is 5. The summed E-state index contributed by atoms with van der Waals surface area (Å²) >= 11 is 0. The monoisotopic (exact) mass is 263 g/mol. The summed E-state index contributed by atoms with van der Waals surface area (Å²) in [6.07, 6.45) is 4.52. The first-order valence-electron chi connectivity index (χ1n) is 6.49. The van der Waals surface area contributed by atoms with Crippen LogP contribution in [0.4, 0.5) is 10.6 Å². The highest BCUT2D eigenvalue weighted by Gasteiger charge is 2.06. The second-order valence-corrected chi connectivity index (χ2v) is 4.06. The van der Waals surface area contributed by atoms with E-state index in [1.165, 1.54) is 0 Å². The number of nitrogens with two attached hydrogens (primary N) is 1. The number of aryl methyl sites for hydroxylation is 1. The number of aliphatic imine (C=N–C) groups is 1. The quantitative estimate of drug-likeness (QED) is 0.430. The van der Waals surface area contributed by atoms with Crippen LogP contribution in [0.1, 0.15) is 32.3 Å². The highest BCUT2D eigenvalue weighted by atomic mass is 16.2. The van der Waals surface area contributed by atoms with Gasteiger partial charge in [-0.1, -0.05) is 26.3 Å².